The van der Waals surface area contributed by atoms with Gasteiger partial charge >= 0.3 is 0 Å². The van der Waals surface area contributed by atoms with Crippen LogP contribution in [0.1, 0.15) is 80.6 Å². The highest BCUT2D eigenvalue weighted by Crippen LogP contribution is 2.43. The second-order valence-corrected chi connectivity index (χ2v) is 14.1. The monoisotopic (exact) mass is 599 g/mol. The van der Waals surface area contributed by atoms with Crippen molar-refractivity contribution in [3.63, 3.8) is 0 Å². The molecule has 3 saturated carbocycles. The lowest BCUT2D eigenvalue weighted by molar-refractivity contribution is -0.120. The number of amides is 2. The minimum absolute atomic E-state index is 0.00802. The normalized spacial score (nSPS) is 28.2. The number of hydrogen-bond acceptors (Lipinski definition) is 8. The molecule has 0 bridgehead atoms. The van der Waals surface area contributed by atoms with Crippen LogP contribution in [0.4, 0.5) is 23.1 Å². The zero-order chi connectivity index (χ0) is 29.9. The Balaban J connectivity index is 0.990. The van der Waals surface area contributed by atoms with Crippen molar-refractivity contribution in [3.8, 4) is 5.75 Å². The number of anilines is 4. The second-order valence-electron chi connectivity index (χ2n) is 14.1. The molecule has 10 heteroatoms. The number of fused-ring (bicyclic) bond motifs is 3. The van der Waals surface area contributed by atoms with Crippen LogP contribution in [0.25, 0.3) is 0 Å². The van der Waals surface area contributed by atoms with Crippen LogP contribution in [0.2, 0.25) is 0 Å². The van der Waals surface area contributed by atoms with Crippen molar-refractivity contribution >= 4 is 35.0 Å². The summed E-state index contributed by atoms with van der Waals surface area (Å²) >= 11 is 0. The number of hydrogen-bond donors (Lipinski definition) is 2. The van der Waals surface area contributed by atoms with E-state index in [9.17, 15) is 9.59 Å². The Bertz CT molecular complexity index is 1440. The number of ether oxygens (including phenoxy) is 1. The summed E-state index contributed by atoms with van der Waals surface area (Å²) in [6.07, 6.45) is 12.7. The number of rotatable bonds is 8. The summed E-state index contributed by atoms with van der Waals surface area (Å²) in [5.74, 6) is 4.47. The highest BCUT2D eigenvalue weighted by Gasteiger charge is 2.43. The fourth-order valence-corrected chi connectivity index (χ4v) is 8.76. The second kappa shape index (κ2) is 11.2. The van der Waals surface area contributed by atoms with E-state index in [0.29, 0.717) is 48.2 Å². The van der Waals surface area contributed by atoms with Crippen LogP contribution in [0.15, 0.2) is 18.3 Å². The van der Waals surface area contributed by atoms with Gasteiger partial charge in [0.25, 0.3) is 5.91 Å². The van der Waals surface area contributed by atoms with E-state index in [1.807, 2.05) is 19.2 Å². The van der Waals surface area contributed by atoms with Crippen molar-refractivity contribution in [2.24, 2.45) is 17.8 Å². The standard InChI is InChI=1S/C34H45N7O3/c1-3-28-33(43)39(2)29-16-35-34(38-31(29)41(28)24-6-4-5-7-24)37-27-11-10-26(25-12-13-44-30(25)27)32(42)36-23-14-21-18-40(17-20-8-9-20)19-22(21)15-23/h10-11,16,20-24,28H,3-9,12-15,17-19H2,1-2H3,(H,36,42)(H,35,37,38)/t21-,22+,23?,28-/m1/s1. The van der Waals surface area contributed by atoms with Gasteiger partial charge in [-0.25, -0.2) is 4.98 Å². The first-order valence-electron chi connectivity index (χ1n) is 17.0. The Labute approximate surface area is 259 Å². The summed E-state index contributed by atoms with van der Waals surface area (Å²) < 4.78 is 6.09. The first-order valence-corrected chi connectivity index (χ1v) is 17.0. The molecule has 1 saturated heterocycles. The molecule has 4 atom stereocenters. The summed E-state index contributed by atoms with van der Waals surface area (Å²) in [6.45, 7) is 6.30. The zero-order valence-electron chi connectivity index (χ0n) is 26.1. The van der Waals surface area contributed by atoms with Crippen molar-refractivity contribution in [3.05, 3.63) is 29.5 Å². The van der Waals surface area contributed by atoms with Gasteiger partial charge in [0, 0.05) is 56.3 Å². The number of nitrogens with one attached hydrogen (secondary N) is 2. The maximum Gasteiger partial charge on any atom is 0.251 e. The molecule has 1 aromatic carbocycles. The van der Waals surface area contributed by atoms with Gasteiger partial charge in [0.05, 0.1) is 18.5 Å². The van der Waals surface area contributed by atoms with Crippen molar-refractivity contribution < 1.29 is 14.3 Å². The molecule has 0 spiro atoms. The zero-order valence-corrected chi connectivity index (χ0v) is 26.1. The largest absolute Gasteiger partial charge is 0.491 e. The molecule has 234 valence electrons. The number of carbonyl (C=O) groups excluding carboxylic acids is 2. The predicted octanol–water partition coefficient (Wildman–Crippen LogP) is 4.51. The molecule has 10 nitrogen and oxygen atoms in total. The molecule has 2 aromatic rings. The molecule has 4 fully saturated rings. The molecule has 2 N–H and O–H groups in total. The van der Waals surface area contributed by atoms with Crippen LogP contribution in [-0.2, 0) is 11.2 Å². The van der Waals surface area contributed by atoms with Gasteiger partial charge in [-0.2, -0.15) is 4.98 Å². The quantitative estimate of drug-likeness (QED) is 0.457. The van der Waals surface area contributed by atoms with Gasteiger partial charge in [0.15, 0.2) is 5.82 Å². The fraction of sp³-hybridized carbons (Fsp3) is 0.647. The fourth-order valence-electron chi connectivity index (χ4n) is 8.76. The lowest BCUT2D eigenvalue weighted by Gasteiger charge is -2.43. The Morgan fingerprint density at radius 2 is 1.86 bits per heavy atom. The van der Waals surface area contributed by atoms with Crippen LogP contribution in [0.5, 0.6) is 5.75 Å². The van der Waals surface area contributed by atoms with Crippen LogP contribution in [-0.4, -0.2) is 78.1 Å². The average molecular weight is 600 g/mol. The van der Waals surface area contributed by atoms with Gasteiger partial charge in [0.2, 0.25) is 11.9 Å². The summed E-state index contributed by atoms with van der Waals surface area (Å²) in [7, 11) is 1.82. The van der Waals surface area contributed by atoms with Gasteiger partial charge in [-0.15, -0.1) is 0 Å². The Kier molecular flexibility index (Phi) is 7.15. The van der Waals surface area contributed by atoms with Crippen molar-refractivity contribution in [2.45, 2.75) is 89.3 Å². The average Bonchev–Trinajstić information content (AvgIpc) is 3.42. The molecule has 3 aliphatic heterocycles. The van der Waals surface area contributed by atoms with Crippen molar-refractivity contribution in [2.75, 3.05) is 48.4 Å². The SMILES string of the molecule is CC[C@@H]1C(=O)N(C)c2cnc(Nc3ccc(C(=O)NC4C[C@@H]5CN(CC6CC6)C[C@@H]5C4)c4c3OCC4)nc2N1C1CCCC1. The Morgan fingerprint density at radius 1 is 1.09 bits per heavy atom. The van der Waals surface area contributed by atoms with E-state index in [2.05, 4.69) is 32.3 Å². The number of nitrogens with zero attached hydrogens (tertiary/aromatic N) is 5. The van der Waals surface area contributed by atoms with Crippen molar-refractivity contribution in [1.82, 2.24) is 20.2 Å². The topological polar surface area (TPSA) is 103 Å². The summed E-state index contributed by atoms with van der Waals surface area (Å²) in [4.78, 5) is 43.0. The molecule has 44 heavy (non-hydrogen) atoms. The maximum absolute atomic E-state index is 13.5. The number of likely N-dealkylation sites (tertiary alicyclic amines) is 1. The molecule has 1 aromatic heterocycles. The van der Waals surface area contributed by atoms with Gasteiger partial charge < -0.3 is 30.1 Å². The minimum atomic E-state index is -0.218. The van der Waals surface area contributed by atoms with E-state index in [1.165, 1.54) is 45.3 Å². The van der Waals surface area contributed by atoms with Crippen LogP contribution >= 0.6 is 0 Å². The van der Waals surface area contributed by atoms with Gasteiger partial charge in [-0.3, -0.25) is 9.59 Å². The number of likely N-dealkylation sites (N-methyl/N-ethyl adjacent to an activating group) is 1. The number of carbonyl (C=O) groups is 2. The first kappa shape index (κ1) is 28.1. The third-order valence-corrected chi connectivity index (χ3v) is 11.1. The summed E-state index contributed by atoms with van der Waals surface area (Å²) in [6, 6.07) is 4.18. The Hall–Kier alpha value is -3.40. The van der Waals surface area contributed by atoms with Crippen molar-refractivity contribution in [1.29, 1.82) is 0 Å². The van der Waals surface area contributed by atoms with Crippen LogP contribution in [0, 0.1) is 17.8 Å². The minimum Gasteiger partial charge on any atom is -0.491 e. The summed E-state index contributed by atoms with van der Waals surface area (Å²) in [5, 5.41) is 6.78. The molecular weight excluding hydrogens is 554 g/mol. The molecule has 6 aliphatic rings. The number of benzene rings is 1. The predicted molar refractivity (Wildman–Crippen MR) is 170 cm³/mol. The maximum atomic E-state index is 13.5. The first-order chi connectivity index (χ1) is 21.5. The van der Waals surface area contributed by atoms with E-state index in [0.717, 1.165) is 60.8 Å². The lowest BCUT2D eigenvalue weighted by Crippen LogP contribution is -2.55. The van der Waals surface area contributed by atoms with E-state index < -0.39 is 0 Å². The van der Waals surface area contributed by atoms with Gasteiger partial charge in [-0.05, 0) is 74.8 Å². The molecular formula is C34H45N7O3. The molecule has 3 aliphatic carbocycles. The summed E-state index contributed by atoms with van der Waals surface area (Å²) in [5.41, 5.74) is 3.17. The third kappa shape index (κ3) is 4.99. The lowest BCUT2D eigenvalue weighted by atomic mass is 10.0. The van der Waals surface area contributed by atoms with Gasteiger partial charge in [-0.1, -0.05) is 19.8 Å². The smallest absolute Gasteiger partial charge is 0.251 e. The highest BCUT2D eigenvalue weighted by atomic mass is 16.5. The van der Waals surface area contributed by atoms with Crippen LogP contribution in [0.3, 0.4) is 0 Å². The van der Waals surface area contributed by atoms with E-state index in [-0.39, 0.29) is 23.9 Å². The van der Waals surface area contributed by atoms with E-state index >= 15 is 0 Å². The third-order valence-electron chi connectivity index (χ3n) is 11.1. The van der Waals surface area contributed by atoms with Gasteiger partial charge in [0.1, 0.15) is 17.5 Å². The number of aromatic nitrogens is 2. The van der Waals surface area contributed by atoms with E-state index in [4.69, 9.17) is 9.72 Å². The molecule has 0 radical (unpaired) electrons. The molecule has 8 rings (SSSR count). The van der Waals surface area contributed by atoms with Crippen LogP contribution < -0.4 is 25.2 Å². The molecule has 4 heterocycles. The molecule has 2 amide bonds. The Morgan fingerprint density at radius 3 is 2.59 bits per heavy atom. The molecule has 1 unspecified atom stereocenters. The van der Waals surface area contributed by atoms with E-state index in [1.54, 1.807) is 11.1 Å². The highest BCUT2D eigenvalue weighted by molar-refractivity contribution is 6.04.